The molecule has 0 heterocycles. The van der Waals surface area contributed by atoms with Crippen molar-refractivity contribution in [2.24, 2.45) is 0 Å². The Labute approximate surface area is 125 Å². The first kappa shape index (κ1) is 29.9. The van der Waals surface area contributed by atoms with Gasteiger partial charge in [0.1, 0.15) is 0 Å². The molecule has 0 aliphatic rings. The van der Waals surface area contributed by atoms with Crippen molar-refractivity contribution in [3.63, 3.8) is 0 Å². The smallest absolute Gasteiger partial charge is 0.772 e. The van der Waals surface area contributed by atoms with Crippen LogP contribution in [0.25, 0.3) is 0 Å². The van der Waals surface area contributed by atoms with Gasteiger partial charge in [0, 0.05) is 10.5 Å². The minimum Gasteiger partial charge on any atom is -0.772 e. The monoisotopic (exact) mass is 290 g/mol. The first-order chi connectivity index (χ1) is 5.29. The van der Waals surface area contributed by atoms with Gasteiger partial charge in [-0.25, -0.2) is 0 Å². The molecule has 0 aromatic carbocycles. The summed E-state index contributed by atoms with van der Waals surface area (Å²) in [6, 6.07) is 0. The second-order valence-corrected chi connectivity index (χ2v) is 5.55. The normalized spacial score (nSPS) is 12.3. The maximum atomic E-state index is 9.70. The summed E-state index contributed by atoms with van der Waals surface area (Å²) in [5.41, 5.74) is 0. The van der Waals surface area contributed by atoms with Gasteiger partial charge in [0.05, 0.1) is 0 Å². The molecule has 0 aromatic heterocycles. The van der Waals surface area contributed by atoms with Gasteiger partial charge in [-0.05, 0) is 0 Å². The van der Waals surface area contributed by atoms with Gasteiger partial charge in [-0.1, -0.05) is 49.9 Å². The van der Waals surface area contributed by atoms with Crippen molar-refractivity contribution in [2.45, 2.75) is 38.2 Å². The van der Waals surface area contributed by atoms with Crippen LogP contribution in [0.2, 0.25) is 0 Å². The van der Waals surface area contributed by atoms with Crippen LogP contribution in [-0.2, 0) is 22.2 Å². The summed E-state index contributed by atoms with van der Waals surface area (Å²) in [6.07, 6.45) is 0. The van der Waals surface area contributed by atoms with Crippen molar-refractivity contribution in [1.29, 1.82) is 0 Å². The van der Waals surface area contributed by atoms with Crippen LogP contribution < -0.4 is 0 Å². The van der Waals surface area contributed by atoms with Gasteiger partial charge in [0.25, 0.3) is 0 Å². The predicted octanol–water partition coefficient (Wildman–Crippen LogP) is -1.48. The van der Waals surface area contributed by atoms with E-state index in [0.717, 1.165) is 0 Å². The fourth-order valence-electron chi connectivity index (χ4n) is 0. The second-order valence-electron chi connectivity index (χ2n) is 2.62. The summed E-state index contributed by atoms with van der Waals surface area (Å²) in [6.45, 7) is 6.51. The number of hydrogen-bond acceptors (Lipinski definition) is 4. The standard InChI is InChI=1S/2C3H8O2S.Ca.2H2O/c2*1-3(2)6(4)5;;;/h2*3H,1-2H3,(H,4,5);;2*1H2/q;;+2;;/p-2. The Morgan fingerprint density at radius 1 is 0.800 bits per heavy atom. The van der Waals surface area contributed by atoms with E-state index in [1.165, 1.54) is 0 Å². The van der Waals surface area contributed by atoms with Crippen LogP contribution in [0, 0.1) is 0 Å². The summed E-state index contributed by atoms with van der Waals surface area (Å²) in [5.74, 6) is 0. The minimum atomic E-state index is -1.87. The van der Waals surface area contributed by atoms with E-state index in [2.05, 4.69) is 0 Å². The minimum absolute atomic E-state index is 0. The molecule has 0 saturated carbocycles. The zero-order valence-corrected chi connectivity index (χ0v) is 13.2. The SMILES string of the molecule is CC(C)S(=O)[O-].CC(C)S(=O)[O-].O.O.[Ca+2]. The van der Waals surface area contributed by atoms with Crippen molar-refractivity contribution in [3.8, 4) is 0 Å². The Hall–Kier alpha value is 1.40. The van der Waals surface area contributed by atoms with Crippen LogP contribution in [-0.4, -0.2) is 76.7 Å². The molecule has 2 unspecified atom stereocenters. The molecule has 0 fully saturated rings. The Morgan fingerprint density at radius 2 is 0.867 bits per heavy atom. The van der Waals surface area contributed by atoms with Crippen LogP contribution in [0.1, 0.15) is 27.7 Å². The summed E-state index contributed by atoms with van der Waals surface area (Å²) < 4.78 is 38.8. The molecular formula is C6H18CaO6S2. The van der Waals surface area contributed by atoms with Gasteiger partial charge < -0.3 is 20.1 Å². The van der Waals surface area contributed by atoms with Crippen molar-refractivity contribution in [1.82, 2.24) is 0 Å². The zero-order chi connectivity index (χ0) is 10.3. The summed E-state index contributed by atoms with van der Waals surface area (Å²) in [4.78, 5) is 0. The predicted molar refractivity (Wildman–Crippen MR) is 61.1 cm³/mol. The molecule has 0 aliphatic heterocycles. The molecule has 0 aliphatic carbocycles. The molecule has 9 heteroatoms. The van der Waals surface area contributed by atoms with Crippen LogP contribution in [0.5, 0.6) is 0 Å². The fraction of sp³-hybridized carbons (Fsp3) is 1.00. The summed E-state index contributed by atoms with van der Waals surface area (Å²) in [5, 5.41) is -0.463. The molecule has 0 amide bonds. The molecule has 6 nitrogen and oxygen atoms in total. The molecule has 2 atom stereocenters. The summed E-state index contributed by atoms with van der Waals surface area (Å²) in [7, 11) is 0. The van der Waals surface area contributed by atoms with E-state index in [0.29, 0.717) is 0 Å². The Bertz CT molecular complexity index is 146. The van der Waals surface area contributed by atoms with E-state index in [4.69, 9.17) is 0 Å². The maximum Gasteiger partial charge on any atom is 2.00 e. The molecule has 4 N–H and O–H groups in total. The topological polar surface area (TPSA) is 143 Å². The van der Waals surface area contributed by atoms with E-state index in [1.807, 2.05) is 0 Å². The van der Waals surface area contributed by atoms with E-state index >= 15 is 0 Å². The fourth-order valence-corrected chi connectivity index (χ4v) is 0. The van der Waals surface area contributed by atoms with Crippen molar-refractivity contribution < 1.29 is 28.5 Å². The summed E-state index contributed by atoms with van der Waals surface area (Å²) >= 11 is -3.73. The number of rotatable bonds is 2. The third-order valence-corrected chi connectivity index (χ3v) is 2.31. The van der Waals surface area contributed by atoms with E-state index < -0.39 is 22.2 Å². The number of hydrogen-bond donors (Lipinski definition) is 0. The van der Waals surface area contributed by atoms with Crippen LogP contribution >= 0.6 is 0 Å². The van der Waals surface area contributed by atoms with Crippen LogP contribution in [0.3, 0.4) is 0 Å². The largest absolute Gasteiger partial charge is 2.00 e. The van der Waals surface area contributed by atoms with Crippen LogP contribution in [0.4, 0.5) is 0 Å². The molecule has 0 aromatic rings. The van der Waals surface area contributed by atoms with E-state index in [9.17, 15) is 17.5 Å². The first-order valence-electron chi connectivity index (χ1n) is 3.45. The average Bonchev–Trinajstić information content (AvgIpc) is 1.88. The van der Waals surface area contributed by atoms with E-state index in [-0.39, 0.29) is 59.2 Å². The Kier molecular flexibility index (Phi) is 35.5. The first-order valence-corrected chi connectivity index (χ1v) is 5.72. The van der Waals surface area contributed by atoms with E-state index in [1.54, 1.807) is 27.7 Å². The Morgan fingerprint density at radius 3 is 0.867 bits per heavy atom. The Balaban J connectivity index is -0.0000000370. The maximum absolute atomic E-state index is 9.70. The molecule has 0 radical (unpaired) electrons. The van der Waals surface area contributed by atoms with Gasteiger partial charge in [-0.15, -0.1) is 0 Å². The molecule has 15 heavy (non-hydrogen) atoms. The van der Waals surface area contributed by atoms with Crippen molar-refractivity contribution >= 4 is 59.9 Å². The molecule has 0 spiro atoms. The van der Waals surface area contributed by atoms with Crippen molar-refractivity contribution in [3.05, 3.63) is 0 Å². The molecule has 0 saturated heterocycles. The molecule has 92 valence electrons. The van der Waals surface area contributed by atoms with Crippen LogP contribution in [0.15, 0.2) is 0 Å². The van der Waals surface area contributed by atoms with Crippen molar-refractivity contribution in [2.75, 3.05) is 0 Å². The van der Waals surface area contributed by atoms with Gasteiger partial charge >= 0.3 is 37.7 Å². The van der Waals surface area contributed by atoms with Gasteiger partial charge in [-0.2, -0.15) is 0 Å². The third-order valence-electron chi connectivity index (χ3n) is 0.770. The molecular weight excluding hydrogens is 272 g/mol. The molecule has 0 rings (SSSR count). The van der Waals surface area contributed by atoms with Gasteiger partial charge in [0.2, 0.25) is 0 Å². The molecule has 0 bridgehead atoms. The third kappa shape index (κ3) is 31.3. The zero-order valence-electron chi connectivity index (χ0n) is 9.31. The van der Waals surface area contributed by atoms with Gasteiger partial charge in [0.15, 0.2) is 0 Å². The quantitative estimate of drug-likeness (QED) is 0.451. The van der Waals surface area contributed by atoms with Gasteiger partial charge in [-0.3, -0.25) is 8.42 Å². The second kappa shape index (κ2) is 17.8. The average molecular weight is 290 g/mol.